The van der Waals surface area contributed by atoms with E-state index in [-0.39, 0.29) is 5.60 Å². The van der Waals surface area contributed by atoms with Crippen LogP contribution in [-0.2, 0) is 4.74 Å². The Hall–Kier alpha value is -0.0400. The van der Waals surface area contributed by atoms with Gasteiger partial charge in [-0.05, 0) is 43.9 Å². The van der Waals surface area contributed by atoms with Crippen LogP contribution in [0.1, 0.15) is 47.0 Å². The van der Waals surface area contributed by atoms with Gasteiger partial charge < -0.3 is 4.74 Å². The van der Waals surface area contributed by atoms with Crippen LogP contribution in [0.5, 0.6) is 0 Å². The third kappa shape index (κ3) is 1.41. The van der Waals surface area contributed by atoms with E-state index >= 15 is 0 Å². The monoisotopic (exact) mass is 182 g/mol. The molecule has 2 heterocycles. The number of rotatable bonds is 1. The zero-order valence-electron chi connectivity index (χ0n) is 9.34. The van der Waals surface area contributed by atoms with Crippen LogP contribution >= 0.6 is 0 Å². The van der Waals surface area contributed by atoms with E-state index in [2.05, 4.69) is 27.7 Å². The number of hydrogen-bond donors (Lipinski definition) is 0. The van der Waals surface area contributed by atoms with Crippen molar-refractivity contribution in [1.29, 1.82) is 0 Å². The largest absolute Gasteiger partial charge is 0.371 e. The average molecular weight is 182 g/mol. The molecule has 0 aromatic heterocycles. The van der Waals surface area contributed by atoms with Gasteiger partial charge in [-0.2, -0.15) is 0 Å². The molecule has 1 heteroatoms. The molecule has 3 rings (SSSR count). The van der Waals surface area contributed by atoms with Gasteiger partial charge in [-0.3, -0.25) is 0 Å². The molecule has 2 aliphatic heterocycles. The standard InChI is InChI=1S/C12H22O/c1-8(2)11-10-5-6-12(4,13-11)9(3)7-10/h8-11H,5-7H2,1-4H3. The molecule has 3 fully saturated rings. The highest BCUT2D eigenvalue weighted by Gasteiger charge is 2.48. The van der Waals surface area contributed by atoms with Gasteiger partial charge in [0.25, 0.3) is 0 Å². The molecule has 4 atom stereocenters. The van der Waals surface area contributed by atoms with Crippen molar-refractivity contribution in [2.24, 2.45) is 17.8 Å². The van der Waals surface area contributed by atoms with Crippen molar-refractivity contribution in [3.05, 3.63) is 0 Å². The topological polar surface area (TPSA) is 9.23 Å². The Balaban J connectivity index is 2.16. The first-order valence-electron chi connectivity index (χ1n) is 5.71. The molecule has 4 unspecified atom stereocenters. The Morgan fingerprint density at radius 2 is 2.08 bits per heavy atom. The van der Waals surface area contributed by atoms with Crippen molar-refractivity contribution in [2.45, 2.75) is 58.7 Å². The molecule has 0 amide bonds. The Bertz CT molecular complexity index is 199. The molecule has 2 saturated heterocycles. The lowest BCUT2D eigenvalue weighted by atomic mass is 9.66. The SMILES string of the molecule is CC(C)C1OC2(C)CCC1CC2C. The third-order valence-electron chi connectivity index (χ3n) is 4.24. The maximum absolute atomic E-state index is 6.25. The molecule has 2 bridgehead atoms. The van der Waals surface area contributed by atoms with E-state index in [4.69, 9.17) is 4.74 Å². The first kappa shape index (κ1) is 9.51. The summed E-state index contributed by atoms with van der Waals surface area (Å²) in [6.07, 6.45) is 4.60. The molecule has 13 heavy (non-hydrogen) atoms. The van der Waals surface area contributed by atoms with Crippen molar-refractivity contribution >= 4 is 0 Å². The van der Waals surface area contributed by atoms with Crippen molar-refractivity contribution in [1.82, 2.24) is 0 Å². The van der Waals surface area contributed by atoms with Gasteiger partial charge >= 0.3 is 0 Å². The second-order valence-corrected chi connectivity index (χ2v) is 5.57. The van der Waals surface area contributed by atoms with Crippen molar-refractivity contribution in [3.63, 3.8) is 0 Å². The number of fused-ring (bicyclic) bond motifs is 3. The van der Waals surface area contributed by atoms with Gasteiger partial charge in [0.1, 0.15) is 0 Å². The van der Waals surface area contributed by atoms with Gasteiger partial charge in [0, 0.05) is 0 Å². The van der Waals surface area contributed by atoms with E-state index in [0.717, 1.165) is 11.8 Å². The van der Waals surface area contributed by atoms with Crippen molar-refractivity contribution < 1.29 is 4.74 Å². The Morgan fingerprint density at radius 1 is 1.38 bits per heavy atom. The smallest absolute Gasteiger partial charge is 0.0684 e. The van der Waals surface area contributed by atoms with E-state index in [1.54, 1.807) is 0 Å². The normalized spacial score (nSPS) is 50.1. The Kier molecular flexibility index (Phi) is 2.18. The second-order valence-electron chi connectivity index (χ2n) is 5.57. The molecule has 0 N–H and O–H groups in total. The lowest BCUT2D eigenvalue weighted by Crippen LogP contribution is -2.54. The summed E-state index contributed by atoms with van der Waals surface area (Å²) in [6.45, 7) is 9.24. The van der Waals surface area contributed by atoms with Crippen LogP contribution in [0.3, 0.4) is 0 Å². The second kappa shape index (κ2) is 2.98. The summed E-state index contributed by atoms with van der Waals surface area (Å²) >= 11 is 0. The maximum Gasteiger partial charge on any atom is 0.0684 e. The van der Waals surface area contributed by atoms with E-state index in [9.17, 15) is 0 Å². The van der Waals surface area contributed by atoms with Crippen LogP contribution < -0.4 is 0 Å². The van der Waals surface area contributed by atoms with Gasteiger partial charge in [0.2, 0.25) is 0 Å². The summed E-state index contributed by atoms with van der Waals surface area (Å²) in [6, 6.07) is 0. The highest BCUT2D eigenvalue weighted by Crippen LogP contribution is 2.49. The lowest BCUT2D eigenvalue weighted by Gasteiger charge is -2.54. The van der Waals surface area contributed by atoms with Crippen LogP contribution in [0.2, 0.25) is 0 Å². The lowest BCUT2D eigenvalue weighted by molar-refractivity contribution is -0.224. The van der Waals surface area contributed by atoms with E-state index in [1.165, 1.54) is 19.3 Å². The van der Waals surface area contributed by atoms with Gasteiger partial charge in [0.05, 0.1) is 11.7 Å². The summed E-state index contributed by atoms with van der Waals surface area (Å²) in [7, 11) is 0. The fraction of sp³-hybridized carbons (Fsp3) is 1.00. The van der Waals surface area contributed by atoms with Crippen LogP contribution in [0.4, 0.5) is 0 Å². The number of hydrogen-bond acceptors (Lipinski definition) is 1. The average Bonchev–Trinajstić information content (AvgIpc) is 2.06. The summed E-state index contributed by atoms with van der Waals surface area (Å²) in [5.74, 6) is 2.30. The zero-order chi connectivity index (χ0) is 9.64. The molecular weight excluding hydrogens is 160 g/mol. The fourth-order valence-corrected chi connectivity index (χ4v) is 3.10. The highest BCUT2D eigenvalue weighted by atomic mass is 16.5. The minimum Gasteiger partial charge on any atom is -0.371 e. The van der Waals surface area contributed by atoms with Crippen molar-refractivity contribution in [3.8, 4) is 0 Å². The first-order valence-corrected chi connectivity index (χ1v) is 5.71. The molecule has 1 nitrogen and oxygen atoms in total. The highest BCUT2D eigenvalue weighted by molar-refractivity contribution is 4.97. The molecule has 1 aliphatic carbocycles. The molecule has 1 saturated carbocycles. The first-order chi connectivity index (χ1) is 6.03. The van der Waals surface area contributed by atoms with E-state index < -0.39 is 0 Å². The predicted octanol–water partition coefficient (Wildman–Crippen LogP) is 3.24. The molecule has 0 radical (unpaired) electrons. The molecule has 76 valence electrons. The summed E-state index contributed by atoms with van der Waals surface area (Å²) < 4.78 is 6.25. The number of ether oxygens (including phenoxy) is 1. The summed E-state index contributed by atoms with van der Waals surface area (Å²) in [5, 5.41) is 0. The minimum atomic E-state index is 0.198. The van der Waals surface area contributed by atoms with Gasteiger partial charge in [-0.25, -0.2) is 0 Å². The maximum atomic E-state index is 6.25. The van der Waals surface area contributed by atoms with Crippen LogP contribution in [0.25, 0.3) is 0 Å². The molecule has 0 spiro atoms. The van der Waals surface area contributed by atoms with E-state index in [1.807, 2.05) is 0 Å². The molecular formula is C12H22O. The zero-order valence-corrected chi connectivity index (χ0v) is 9.34. The Labute approximate surface area is 81.9 Å². The van der Waals surface area contributed by atoms with E-state index in [0.29, 0.717) is 12.0 Å². The van der Waals surface area contributed by atoms with Crippen LogP contribution in [-0.4, -0.2) is 11.7 Å². The fourth-order valence-electron chi connectivity index (χ4n) is 3.10. The van der Waals surface area contributed by atoms with Gasteiger partial charge in [-0.1, -0.05) is 20.8 Å². The molecule has 3 aliphatic rings. The van der Waals surface area contributed by atoms with Gasteiger partial charge in [0.15, 0.2) is 0 Å². The quantitative estimate of drug-likeness (QED) is 0.605. The third-order valence-corrected chi connectivity index (χ3v) is 4.24. The minimum absolute atomic E-state index is 0.198. The summed E-state index contributed by atoms with van der Waals surface area (Å²) in [5.41, 5.74) is 0.198. The summed E-state index contributed by atoms with van der Waals surface area (Å²) in [4.78, 5) is 0. The predicted molar refractivity (Wildman–Crippen MR) is 54.6 cm³/mol. The van der Waals surface area contributed by atoms with Crippen LogP contribution in [0, 0.1) is 17.8 Å². The van der Waals surface area contributed by atoms with Crippen molar-refractivity contribution in [2.75, 3.05) is 0 Å². The van der Waals surface area contributed by atoms with Gasteiger partial charge in [-0.15, -0.1) is 0 Å². The van der Waals surface area contributed by atoms with Crippen LogP contribution in [0.15, 0.2) is 0 Å². The Morgan fingerprint density at radius 3 is 2.54 bits per heavy atom. The molecule has 0 aromatic rings. The molecule has 0 aromatic carbocycles.